The first-order valence-electron chi connectivity index (χ1n) is 6.84. The number of aryl methyl sites for hydroxylation is 1. The number of nitrogens with one attached hydrogen (secondary N) is 1. The van der Waals surface area contributed by atoms with Gasteiger partial charge >= 0.3 is 0 Å². The summed E-state index contributed by atoms with van der Waals surface area (Å²) < 4.78 is 5.24. The molecule has 3 aromatic rings. The molecule has 0 spiro atoms. The summed E-state index contributed by atoms with van der Waals surface area (Å²) >= 11 is 0. The van der Waals surface area contributed by atoms with Gasteiger partial charge in [0.25, 0.3) is 0 Å². The van der Waals surface area contributed by atoms with Gasteiger partial charge < -0.3 is 15.6 Å². The average Bonchev–Trinajstić information content (AvgIpc) is 2.88. The summed E-state index contributed by atoms with van der Waals surface area (Å²) in [6.07, 6.45) is 2.29. The van der Waals surface area contributed by atoms with Crippen LogP contribution in [0.5, 0.6) is 0 Å². The highest BCUT2D eigenvalue weighted by Crippen LogP contribution is 2.35. The van der Waals surface area contributed by atoms with Crippen molar-refractivity contribution in [2.45, 2.75) is 12.8 Å². The fourth-order valence-corrected chi connectivity index (χ4v) is 2.90. The van der Waals surface area contributed by atoms with Gasteiger partial charge in [-0.25, -0.2) is 0 Å². The molecule has 0 unspecified atom stereocenters. The molecular weight excluding hydrogens is 250 g/mol. The molecule has 1 aliphatic rings. The molecule has 100 valence electrons. The van der Waals surface area contributed by atoms with E-state index in [1.807, 2.05) is 12.1 Å². The molecule has 4 heteroatoms. The third kappa shape index (κ3) is 1.65. The molecule has 0 bridgehead atoms. The molecule has 4 rings (SSSR count). The molecule has 0 amide bonds. The van der Waals surface area contributed by atoms with E-state index < -0.39 is 0 Å². The van der Waals surface area contributed by atoms with Crippen LogP contribution in [0.2, 0.25) is 0 Å². The predicted molar refractivity (Wildman–Crippen MR) is 80.7 cm³/mol. The van der Waals surface area contributed by atoms with Crippen molar-refractivity contribution in [1.82, 2.24) is 5.16 Å². The third-order valence-electron chi connectivity index (χ3n) is 3.88. The molecule has 0 aliphatic carbocycles. The lowest BCUT2D eigenvalue weighted by Gasteiger charge is -2.18. The number of benzene rings is 2. The molecule has 4 nitrogen and oxygen atoms in total. The quantitative estimate of drug-likeness (QED) is 0.707. The van der Waals surface area contributed by atoms with Crippen LogP contribution in [0, 0.1) is 0 Å². The van der Waals surface area contributed by atoms with Crippen LogP contribution in [0.25, 0.3) is 22.1 Å². The molecule has 1 aromatic heterocycles. The first-order valence-corrected chi connectivity index (χ1v) is 6.84. The van der Waals surface area contributed by atoms with E-state index in [-0.39, 0.29) is 0 Å². The molecule has 1 aliphatic heterocycles. The van der Waals surface area contributed by atoms with E-state index in [4.69, 9.17) is 10.3 Å². The van der Waals surface area contributed by atoms with Crippen LogP contribution in [0.3, 0.4) is 0 Å². The number of aromatic nitrogens is 1. The number of anilines is 2. The Kier molecular flexibility index (Phi) is 2.42. The van der Waals surface area contributed by atoms with E-state index in [2.05, 4.69) is 34.7 Å². The molecule has 2 heterocycles. The van der Waals surface area contributed by atoms with Gasteiger partial charge in [-0.15, -0.1) is 0 Å². The van der Waals surface area contributed by atoms with Crippen LogP contribution in [0.1, 0.15) is 12.0 Å². The SMILES string of the molecule is Nc1noc2cccc(-c3ccc4c(c3)CCCN4)c12. The summed E-state index contributed by atoms with van der Waals surface area (Å²) in [4.78, 5) is 0. The molecular formula is C16H15N3O. The minimum atomic E-state index is 0.450. The lowest BCUT2D eigenvalue weighted by Crippen LogP contribution is -2.11. The van der Waals surface area contributed by atoms with Gasteiger partial charge in [-0.1, -0.05) is 23.4 Å². The Morgan fingerprint density at radius 2 is 2.15 bits per heavy atom. The summed E-state index contributed by atoms with van der Waals surface area (Å²) in [6, 6.07) is 12.4. The van der Waals surface area contributed by atoms with Gasteiger partial charge in [-0.05, 0) is 47.7 Å². The molecule has 3 N–H and O–H groups in total. The van der Waals surface area contributed by atoms with Gasteiger partial charge in [0.2, 0.25) is 0 Å². The Balaban J connectivity index is 1.93. The zero-order valence-corrected chi connectivity index (χ0v) is 11.0. The van der Waals surface area contributed by atoms with Crippen molar-refractivity contribution in [2.75, 3.05) is 17.6 Å². The van der Waals surface area contributed by atoms with Gasteiger partial charge in [-0.2, -0.15) is 0 Å². The third-order valence-corrected chi connectivity index (χ3v) is 3.88. The van der Waals surface area contributed by atoms with Crippen molar-refractivity contribution in [3.8, 4) is 11.1 Å². The Hall–Kier alpha value is -2.49. The van der Waals surface area contributed by atoms with E-state index in [9.17, 15) is 0 Å². The second kappa shape index (κ2) is 4.27. The summed E-state index contributed by atoms with van der Waals surface area (Å²) in [6.45, 7) is 1.06. The second-order valence-corrected chi connectivity index (χ2v) is 5.15. The van der Waals surface area contributed by atoms with Crippen molar-refractivity contribution in [3.05, 3.63) is 42.0 Å². The highest BCUT2D eigenvalue weighted by atomic mass is 16.5. The fraction of sp³-hybridized carbons (Fsp3) is 0.188. The van der Waals surface area contributed by atoms with E-state index in [1.54, 1.807) is 0 Å². The minimum Gasteiger partial charge on any atom is -0.385 e. The number of nitrogens with two attached hydrogens (primary N) is 1. The molecule has 0 radical (unpaired) electrons. The Morgan fingerprint density at radius 3 is 3.10 bits per heavy atom. The molecule has 20 heavy (non-hydrogen) atoms. The number of nitrogen functional groups attached to an aromatic ring is 1. The van der Waals surface area contributed by atoms with Gasteiger partial charge in [-0.3, -0.25) is 0 Å². The number of hydrogen-bond acceptors (Lipinski definition) is 4. The topological polar surface area (TPSA) is 64.1 Å². The van der Waals surface area contributed by atoms with Crippen molar-refractivity contribution < 1.29 is 4.52 Å². The first kappa shape index (κ1) is 11.3. The molecule has 0 atom stereocenters. The molecule has 0 fully saturated rings. The number of fused-ring (bicyclic) bond motifs is 2. The summed E-state index contributed by atoms with van der Waals surface area (Å²) in [5.41, 5.74) is 11.5. The maximum atomic E-state index is 5.93. The van der Waals surface area contributed by atoms with Crippen molar-refractivity contribution in [2.24, 2.45) is 0 Å². The standard InChI is InChI=1S/C16H15N3O/c17-16-15-12(4-1-5-14(15)20-19-16)10-6-7-13-11(9-10)3-2-8-18-13/h1,4-7,9,18H,2-3,8H2,(H2,17,19). The first-order chi connectivity index (χ1) is 9.83. The van der Waals surface area contributed by atoms with Gasteiger partial charge in [0.05, 0.1) is 5.39 Å². The van der Waals surface area contributed by atoms with E-state index >= 15 is 0 Å². The number of hydrogen-bond donors (Lipinski definition) is 2. The average molecular weight is 265 g/mol. The van der Waals surface area contributed by atoms with Crippen LogP contribution in [-0.4, -0.2) is 11.7 Å². The predicted octanol–water partition coefficient (Wildman–Crippen LogP) is 3.44. The Morgan fingerprint density at radius 1 is 1.20 bits per heavy atom. The smallest absolute Gasteiger partial charge is 0.175 e. The van der Waals surface area contributed by atoms with Crippen LogP contribution in [0.15, 0.2) is 40.9 Å². The minimum absolute atomic E-state index is 0.450. The fourth-order valence-electron chi connectivity index (χ4n) is 2.90. The lowest BCUT2D eigenvalue weighted by atomic mass is 9.95. The molecule has 0 saturated heterocycles. The van der Waals surface area contributed by atoms with Crippen LogP contribution >= 0.6 is 0 Å². The molecule has 2 aromatic carbocycles. The van der Waals surface area contributed by atoms with Gasteiger partial charge in [0, 0.05) is 12.2 Å². The maximum Gasteiger partial charge on any atom is 0.175 e. The van der Waals surface area contributed by atoms with Crippen molar-refractivity contribution in [1.29, 1.82) is 0 Å². The lowest BCUT2D eigenvalue weighted by molar-refractivity contribution is 0.460. The van der Waals surface area contributed by atoms with Crippen LogP contribution < -0.4 is 11.1 Å². The Labute approximate surface area is 116 Å². The van der Waals surface area contributed by atoms with Gasteiger partial charge in [0.15, 0.2) is 11.4 Å². The summed E-state index contributed by atoms with van der Waals surface area (Å²) in [5.74, 6) is 0.450. The van der Waals surface area contributed by atoms with Gasteiger partial charge in [0.1, 0.15) is 0 Å². The van der Waals surface area contributed by atoms with Crippen molar-refractivity contribution >= 4 is 22.5 Å². The highest BCUT2D eigenvalue weighted by molar-refractivity contribution is 6.00. The monoisotopic (exact) mass is 265 g/mol. The van der Waals surface area contributed by atoms with Crippen molar-refractivity contribution in [3.63, 3.8) is 0 Å². The number of nitrogens with zero attached hydrogens (tertiary/aromatic N) is 1. The highest BCUT2D eigenvalue weighted by Gasteiger charge is 2.14. The summed E-state index contributed by atoms with van der Waals surface area (Å²) in [5, 5.41) is 8.19. The maximum absolute atomic E-state index is 5.93. The van der Waals surface area contributed by atoms with E-state index in [0.717, 1.165) is 35.1 Å². The van der Waals surface area contributed by atoms with Crippen LogP contribution in [-0.2, 0) is 6.42 Å². The normalized spacial score (nSPS) is 14.0. The van der Waals surface area contributed by atoms with E-state index in [1.165, 1.54) is 17.7 Å². The van der Waals surface area contributed by atoms with E-state index in [0.29, 0.717) is 5.82 Å². The zero-order valence-electron chi connectivity index (χ0n) is 11.0. The summed E-state index contributed by atoms with van der Waals surface area (Å²) in [7, 11) is 0. The largest absolute Gasteiger partial charge is 0.385 e. The van der Waals surface area contributed by atoms with Crippen LogP contribution in [0.4, 0.5) is 11.5 Å². The number of rotatable bonds is 1. The second-order valence-electron chi connectivity index (χ2n) is 5.15. The Bertz CT molecular complexity index is 792. The molecule has 0 saturated carbocycles. The zero-order chi connectivity index (χ0) is 13.5.